The molecule has 1 aliphatic heterocycles. The number of alkyl halides is 4. The largest absolute Gasteiger partial charge is 0.460 e. The smallest absolute Gasteiger partial charge is 0.390 e. The van der Waals surface area contributed by atoms with Crippen LogP contribution < -0.4 is 11.4 Å². The number of nitrogen functional groups attached to an aromatic ring is 1. The van der Waals surface area contributed by atoms with Crippen LogP contribution in [0.1, 0.15) is 39.8 Å². The molecule has 188 valence electrons. The summed E-state index contributed by atoms with van der Waals surface area (Å²) in [5, 5.41) is 0. The summed E-state index contributed by atoms with van der Waals surface area (Å²) in [4.78, 5) is 43.9. The van der Waals surface area contributed by atoms with Crippen molar-refractivity contribution in [2.45, 2.75) is 77.0 Å². The van der Waals surface area contributed by atoms with E-state index in [2.05, 4.69) is 9.97 Å². The molecule has 15 heteroatoms. The van der Waals surface area contributed by atoms with E-state index >= 15 is 4.39 Å². The molecule has 3 rings (SSSR count). The van der Waals surface area contributed by atoms with Gasteiger partial charge in [0.2, 0.25) is 5.95 Å². The molecule has 2 N–H and O–H groups in total. The van der Waals surface area contributed by atoms with Crippen molar-refractivity contribution >= 4 is 29.1 Å². The number of aromatic nitrogens is 4. The summed E-state index contributed by atoms with van der Waals surface area (Å²) in [6.45, 7) is 2.94. The van der Waals surface area contributed by atoms with Crippen molar-refractivity contribution in [2.75, 3.05) is 5.73 Å². The fourth-order valence-corrected chi connectivity index (χ4v) is 3.82. The lowest BCUT2D eigenvalue weighted by atomic mass is 10.0. The number of halogens is 4. The molecule has 1 fully saturated rings. The molecule has 0 aliphatic carbocycles. The molecular formula is C19H23F4N5O6. The van der Waals surface area contributed by atoms with E-state index in [1.165, 1.54) is 0 Å². The van der Waals surface area contributed by atoms with Crippen molar-refractivity contribution in [1.29, 1.82) is 0 Å². The second-order valence-electron chi connectivity index (χ2n) is 7.67. The monoisotopic (exact) mass is 493 g/mol. The van der Waals surface area contributed by atoms with Crippen LogP contribution in [-0.2, 0) is 30.3 Å². The number of aryl methyl sites for hydroxylation is 1. The maximum Gasteiger partial charge on any atom is 0.390 e. The summed E-state index contributed by atoms with van der Waals surface area (Å²) < 4.78 is 71.4. The number of fused-ring (bicyclic) bond motifs is 1. The molecule has 0 spiro atoms. The Balaban J connectivity index is 2.14. The summed E-state index contributed by atoms with van der Waals surface area (Å²) >= 11 is 0. The molecule has 11 nitrogen and oxygen atoms in total. The fourth-order valence-electron chi connectivity index (χ4n) is 3.82. The van der Waals surface area contributed by atoms with Gasteiger partial charge >= 0.3 is 23.8 Å². The summed E-state index contributed by atoms with van der Waals surface area (Å²) in [5.41, 5.74) is 4.22. The summed E-state index contributed by atoms with van der Waals surface area (Å²) in [6.07, 6.45) is -12.6. The number of nitrogens with two attached hydrogens (primary N) is 1. The van der Waals surface area contributed by atoms with Crippen LogP contribution in [0.4, 0.5) is 23.5 Å². The zero-order valence-corrected chi connectivity index (χ0v) is 18.4. The van der Waals surface area contributed by atoms with Crippen molar-refractivity contribution in [3.8, 4) is 0 Å². The van der Waals surface area contributed by atoms with Gasteiger partial charge in [-0.1, -0.05) is 6.92 Å². The van der Waals surface area contributed by atoms with Crippen molar-refractivity contribution in [1.82, 2.24) is 19.1 Å². The maximum absolute atomic E-state index is 15.4. The highest BCUT2D eigenvalue weighted by atomic mass is 19.4. The Kier molecular flexibility index (Phi) is 7.14. The second kappa shape index (κ2) is 9.56. The Bertz CT molecular complexity index is 1130. The number of carbonyl (C=O) groups excluding carboxylic acids is 2. The summed E-state index contributed by atoms with van der Waals surface area (Å²) in [6, 6.07) is 0. The zero-order chi connectivity index (χ0) is 25.4. The lowest BCUT2D eigenvalue weighted by Gasteiger charge is -2.23. The van der Waals surface area contributed by atoms with Gasteiger partial charge in [-0.3, -0.25) is 14.2 Å². The number of ether oxygens (including phenoxy) is 3. The van der Waals surface area contributed by atoms with Crippen molar-refractivity contribution in [3.05, 3.63) is 16.7 Å². The molecule has 2 aromatic rings. The van der Waals surface area contributed by atoms with Gasteiger partial charge in [-0.15, -0.1) is 0 Å². The molecule has 34 heavy (non-hydrogen) atoms. The molecule has 0 radical (unpaired) electrons. The highest BCUT2D eigenvalue weighted by Crippen LogP contribution is 2.37. The Morgan fingerprint density at radius 2 is 1.97 bits per heavy atom. The predicted octanol–water partition coefficient (Wildman–Crippen LogP) is 1.64. The van der Waals surface area contributed by atoms with Crippen LogP contribution >= 0.6 is 0 Å². The highest BCUT2D eigenvalue weighted by molar-refractivity contribution is 5.72. The SMILES string of the molecule is CC[C@H](OC(C)=O)[C@H]1O[C@@H](n2c(=O)n(CCC(F)(F)F)c3cnc(N)nc32)[C@H](OC(C)=O)[C@H]1F. The minimum Gasteiger partial charge on any atom is -0.460 e. The van der Waals surface area contributed by atoms with Gasteiger partial charge in [0.05, 0.1) is 12.6 Å². The number of hydrogen-bond donors (Lipinski definition) is 1. The van der Waals surface area contributed by atoms with E-state index in [0.717, 1.165) is 29.2 Å². The molecule has 0 unspecified atom stereocenters. The topological polar surface area (TPSA) is 141 Å². The van der Waals surface area contributed by atoms with E-state index in [-0.39, 0.29) is 23.5 Å². The van der Waals surface area contributed by atoms with E-state index in [1.807, 2.05) is 0 Å². The normalized spacial score (nSPS) is 23.7. The zero-order valence-electron chi connectivity index (χ0n) is 18.4. The van der Waals surface area contributed by atoms with E-state index in [9.17, 15) is 27.6 Å². The van der Waals surface area contributed by atoms with Crippen molar-refractivity contribution < 1.29 is 41.4 Å². The molecule has 0 saturated carbocycles. The van der Waals surface area contributed by atoms with E-state index in [1.54, 1.807) is 6.92 Å². The summed E-state index contributed by atoms with van der Waals surface area (Å²) in [7, 11) is 0. The van der Waals surface area contributed by atoms with E-state index < -0.39 is 67.5 Å². The molecule has 5 atom stereocenters. The van der Waals surface area contributed by atoms with Gasteiger partial charge in [-0.25, -0.2) is 18.7 Å². The Hall–Kier alpha value is -3.23. The molecular weight excluding hydrogens is 470 g/mol. The van der Waals surface area contributed by atoms with Crippen LogP contribution in [0.3, 0.4) is 0 Å². The maximum atomic E-state index is 15.4. The fraction of sp³-hybridized carbons (Fsp3) is 0.632. The minimum atomic E-state index is -4.57. The average molecular weight is 493 g/mol. The number of hydrogen-bond acceptors (Lipinski definition) is 9. The number of nitrogens with zero attached hydrogens (tertiary/aromatic N) is 4. The van der Waals surface area contributed by atoms with E-state index in [4.69, 9.17) is 19.9 Å². The van der Waals surface area contributed by atoms with Gasteiger partial charge in [0.1, 0.15) is 17.7 Å². The number of carbonyl (C=O) groups is 2. The molecule has 0 aromatic carbocycles. The van der Waals surface area contributed by atoms with Crippen LogP contribution in [-0.4, -0.2) is 61.7 Å². The average Bonchev–Trinajstić information content (AvgIpc) is 3.16. The first kappa shape index (κ1) is 25.4. The molecule has 1 aliphatic rings. The third kappa shape index (κ3) is 5.13. The third-order valence-corrected chi connectivity index (χ3v) is 5.19. The lowest BCUT2D eigenvalue weighted by molar-refractivity contribution is -0.159. The first-order valence-corrected chi connectivity index (χ1v) is 10.3. The number of imidazole rings is 1. The van der Waals surface area contributed by atoms with Gasteiger partial charge < -0.3 is 19.9 Å². The van der Waals surface area contributed by atoms with Crippen LogP contribution in [0.5, 0.6) is 0 Å². The number of esters is 2. The van der Waals surface area contributed by atoms with Crippen LogP contribution in [0, 0.1) is 0 Å². The van der Waals surface area contributed by atoms with Gasteiger partial charge in [-0.2, -0.15) is 18.2 Å². The van der Waals surface area contributed by atoms with Crippen LogP contribution in [0.25, 0.3) is 11.2 Å². The quantitative estimate of drug-likeness (QED) is 0.450. The summed E-state index contributed by atoms with van der Waals surface area (Å²) in [5.74, 6) is -1.92. The first-order chi connectivity index (χ1) is 15.8. The van der Waals surface area contributed by atoms with Crippen molar-refractivity contribution in [3.63, 3.8) is 0 Å². The van der Waals surface area contributed by atoms with Gasteiger partial charge in [-0.05, 0) is 6.42 Å². The molecule has 2 aromatic heterocycles. The van der Waals surface area contributed by atoms with Crippen molar-refractivity contribution in [2.24, 2.45) is 0 Å². The molecule has 0 bridgehead atoms. The molecule has 3 heterocycles. The standard InChI is InChI=1S/C19H23F4N5O6/c1-4-11(32-8(2)29)13-12(20)14(33-9(3)30)16(34-13)28-15-10(7-25-17(24)26-15)27(18(28)31)6-5-19(21,22)23/h7,11-14,16H,4-6H2,1-3H3,(H2,24,25,26)/t11-,12-,13+,14+,16+/m0/s1. The Morgan fingerprint density at radius 3 is 2.53 bits per heavy atom. The van der Waals surface area contributed by atoms with Crippen LogP contribution in [0.15, 0.2) is 11.0 Å². The predicted molar refractivity (Wildman–Crippen MR) is 107 cm³/mol. The Morgan fingerprint density at radius 1 is 1.29 bits per heavy atom. The second-order valence-corrected chi connectivity index (χ2v) is 7.67. The minimum absolute atomic E-state index is 0.112. The first-order valence-electron chi connectivity index (χ1n) is 10.3. The lowest BCUT2D eigenvalue weighted by Crippen LogP contribution is -2.40. The number of rotatable bonds is 7. The van der Waals surface area contributed by atoms with Crippen LogP contribution in [0.2, 0.25) is 0 Å². The van der Waals surface area contributed by atoms with Gasteiger partial charge in [0.25, 0.3) is 0 Å². The number of anilines is 1. The highest BCUT2D eigenvalue weighted by Gasteiger charge is 2.53. The van der Waals surface area contributed by atoms with Gasteiger partial charge in [0, 0.05) is 20.4 Å². The molecule has 1 saturated heterocycles. The van der Waals surface area contributed by atoms with E-state index in [0.29, 0.717) is 0 Å². The van der Waals surface area contributed by atoms with Gasteiger partial charge in [0.15, 0.2) is 24.2 Å². The third-order valence-electron chi connectivity index (χ3n) is 5.19. The Labute approximate surface area is 189 Å². The molecule has 0 amide bonds.